The van der Waals surface area contributed by atoms with Crippen molar-refractivity contribution < 1.29 is 14.3 Å². The number of aryl methyl sites for hydroxylation is 5. The molecule has 2 heterocycles. The van der Waals surface area contributed by atoms with Gasteiger partial charge in [-0.2, -0.15) is 0 Å². The predicted octanol–water partition coefficient (Wildman–Crippen LogP) is 16.1. The topological polar surface area (TPSA) is 88.0 Å². The molecule has 2 amide bonds. The quantitative estimate of drug-likeness (QED) is 0.0507. The third-order valence-electron chi connectivity index (χ3n) is 14.0. The van der Waals surface area contributed by atoms with Gasteiger partial charge in [0.25, 0.3) is 0 Å². The molecule has 2 fully saturated rings. The average molecular weight is 1010 g/mol. The van der Waals surface area contributed by atoms with Crippen LogP contribution in [0.5, 0.6) is 0 Å². The minimum atomic E-state index is -0.340. The third-order valence-corrected chi connectivity index (χ3v) is 14.0. The minimum absolute atomic E-state index is 0.115. The van der Waals surface area contributed by atoms with Crippen molar-refractivity contribution in [2.45, 2.75) is 173 Å². The van der Waals surface area contributed by atoms with E-state index in [4.69, 9.17) is 4.74 Å². The lowest BCUT2D eigenvalue weighted by molar-refractivity contribution is -0.110. The van der Waals surface area contributed by atoms with Crippen LogP contribution in [0.1, 0.15) is 164 Å². The first-order valence-electron chi connectivity index (χ1n) is 27.1. The lowest BCUT2D eigenvalue weighted by Crippen LogP contribution is -2.32. The third kappa shape index (κ3) is 18.8. The summed E-state index contributed by atoms with van der Waals surface area (Å²) >= 11 is 0. The van der Waals surface area contributed by atoms with Crippen LogP contribution in [0, 0.1) is 47.5 Å². The summed E-state index contributed by atoms with van der Waals surface area (Å²) in [5.74, 6) is 0.878. The number of nitrogens with one attached hydrogen (secondary N) is 2. The van der Waals surface area contributed by atoms with Crippen LogP contribution in [0.4, 0.5) is 5.69 Å². The second kappa shape index (κ2) is 33.8. The Labute approximate surface area is 451 Å². The number of hydrogen-bond donors (Lipinski definition) is 2. The summed E-state index contributed by atoms with van der Waals surface area (Å²) in [7, 11) is 5.93. The molecule has 8 heteroatoms. The van der Waals surface area contributed by atoms with Crippen molar-refractivity contribution in [2.75, 3.05) is 39.3 Å². The fraction of sp³-hybridized carbons (Fsp3) is 0.485. The number of ether oxygens (including phenoxy) is 1. The normalized spacial score (nSPS) is 16.0. The van der Waals surface area contributed by atoms with E-state index in [0.29, 0.717) is 11.8 Å². The molecule has 6 rings (SSSR count). The number of aliphatic imine (C=N–C) groups is 1. The number of nitrogens with zero attached hydrogens (tertiary/aromatic N) is 3. The predicted molar refractivity (Wildman–Crippen MR) is 324 cm³/mol. The van der Waals surface area contributed by atoms with Crippen LogP contribution < -0.4 is 15.5 Å². The van der Waals surface area contributed by atoms with Crippen LogP contribution in [0.25, 0.3) is 17.0 Å². The van der Waals surface area contributed by atoms with Gasteiger partial charge in [-0.3, -0.25) is 14.6 Å². The fourth-order valence-electron chi connectivity index (χ4n) is 9.56. The molecule has 1 saturated heterocycles. The molecular formula is C66H99N5O3. The Morgan fingerprint density at radius 3 is 2.00 bits per heavy atom. The van der Waals surface area contributed by atoms with Crippen LogP contribution >= 0.6 is 0 Å². The van der Waals surface area contributed by atoms with E-state index >= 15 is 0 Å². The Morgan fingerprint density at radius 2 is 1.53 bits per heavy atom. The molecule has 1 unspecified atom stereocenters. The van der Waals surface area contributed by atoms with Gasteiger partial charge in [0, 0.05) is 73.6 Å². The summed E-state index contributed by atoms with van der Waals surface area (Å²) in [6.45, 7) is 46.8. The highest BCUT2D eigenvalue weighted by atomic mass is 16.5. The molecule has 1 aliphatic heterocycles. The van der Waals surface area contributed by atoms with Crippen LogP contribution in [-0.4, -0.2) is 63.5 Å². The first-order valence-corrected chi connectivity index (χ1v) is 27.1. The van der Waals surface area contributed by atoms with E-state index in [9.17, 15) is 9.59 Å². The number of fused-ring (bicyclic) bond motifs is 1. The number of anilines is 1. The van der Waals surface area contributed by atoms with E-state index in [0.717, 1.165) is 87.1 Å². The summed E-state index contributed by atoms with van der Waals surface area (Å²) < 4.78 is 8.01. The van der Waals surface area contributed by atoms with Gasteiger partial charge in [0.1, 0.15) is 0 Å². The molecule has 4 aromatic rings. The Balaban J connectivity index is 0.000000613. The molecule has 2 aliphatic rings. The number of allylic oxidation sites excluding steroid dienone is 5. The molecule has 3 aromatic carbocycles. The fourth-order valence-corrected chi connectivity index (χ4v) is 9.56. The maximum Gasteiger partial charge on any atom is 0.211 e. The Morgan fingerprint density at radius 1 is 0.932 bits per heavy atom. The lowest BCUT2D eigenvalue weighted by Gasteiger charge is -2.26. The standard InChI is InChI=1S/C31H42N4O3.C12H17N.C10H14.C8H12.C3H8.C2H6/c1-20(2)30(22(4)33-18-36)28(32-6)9-8-27-16-26-15-25(24-11-13-38-14-12-24)7-10-29(26)35(27)31(17-21(31)3)23(5)34-19-37;1-6-11-10(3)9(2)7-8-12(11)13(4)5;1-7-5-8(2)10(4)9(3)6-7;1-4-6-7-8(3)5-2;1-3-2;1-2/h7,10,15-16,18-19,21-22,24H,5,8-9,11-14,17H2,1-4,6H3,(H,33,36)(H,34,37);6-8H,1H2,2-5H3;5-6H,1-4H3;4,6H,2,7H2,1,3H3;3H2,1-2H3;1-2H3/b;;;6-4-;;/t21?,22-,31-;;;;;/m0...../s1. The van der Waals surface area contributed by atoms with Crippen LogP contribution in [-0.2, 0) is 26.3 Å². The van der Waals surface area contributed by atoms with Gasteiger partial charge in [-0.25, -0.2) is 0 Å². The summed E-state index contributed by atoms with van der Waals surface area (Å²) in [4.78, 5) is 29.3. The van der Waals surface area contributed by atoms with Crippen molar-refractivity contribution in [3.05, 3.63) is 159 Å². The maximum absolute atomic E-state index is 11.4. The highest BCUT2D eigenvalue weighted by molar-refractivity contribution is 6.02. The van der Waals surface area contributed by atoms with E-state index in [1.807, 2.05) is 53.8 Å². The summed E-state index contributed by atoms with van der Waals surface area (Å²) in [5, 5.41) is 6.99. The SMILES string of the molecule is C=C(NC=O)[C@]1(n2c(CCC(=NC)C(=C(C)C)[C@H](C)NC=O)cc3cc(C4CCOCC4)ccc32)CC1C.C=C=C(C)C/C=C\C.C=Cc1c(N(C)C)ccc(C)c1C.CC.CCC.Cc1cc(C)c(C)c(C)c1. The van der Waals surface area contributed by atoms with Crippen molar-refractivity contribution >= 4 is 41.2 Å². The van der Waals surface area contributed by atoms with Gasteiger partial charge < -0.3 is 24.8 Å². The molecule has 1 saturated carbocycles. The van der Waals surface area contributed by atoms with E-state index in [2.05, 4.69) is 195 Å². The van der Waals surface area contributed by atoms with E-state index in [-0.39, 0.29) is 11.6 Å². The summed E-state index contributed by atoms with van der Waals surface area (Å²) in [6, 6.07) is 17.8. The van der Waals surface area contributed by atoms with Gasteiger partial charge in [0.15, 0.2) is 0 Å². The van der Waals surface area contributed by atoms with E-state index in [1.54, 1.807) is 0 Å². The van der Waals surface area contributed by atoms with Crippen molar-refractivity contribution in [1.29, 1.82) is 0 Å². The zero-order valence-electron chi connectivity index (χ0n) is 49.8. The zero-order valence-corrected chi connectivity index (χ0v) is 49.8. The number of carbonyl (C=O) groups is 2. The Kier molecular flexibility index (Phi) is 30.2. The number of carbonyl (C=O) groups excluding carboxylic acids is 2. The second-order valence-corrected chi connectivity index (χ2v) is 20.0. The summed E-state index contributed by atoms with van der Waals surface area (Å²) in [6.07, 6.45) is 14.3. The van der Waals surface area contributed by atoms with Crippen LogP contribution in [0.3, 0.4) is 0 Å². The second-order valence-electron chi connectivity index (χ2n) is 20.0. The van der Waals surface area contributed by atoms with Crippen molar-refractivity contribution in [3.8, 4) is 0 Å². The van der Waals surface area contributed by atoms with Gasteiger partial charge in [0.05, 0.1) is 11.6 Å². The molecule has 0 radical (unpaired) electrons. The van der Waals surface area contributed by atoms with Crippen LogP contribution in [0.2, 0.25) is 0 Å². The first-order chi connectivity index (χ1) is 35.2. The molecule has 2 N–H and O–H groups in total. The maximum atomic E-state index is 11.4. The first kappa shape index (κ1) is 66.1. The van der Waals surface area contributed by atoms with Crippen molar-refractivity contribution in [1.82, 2.24) is 15.2 Å². The van der Waals surface area contributed by atoms with Gasteiger partial charge >= 0.3 is 0 Å². The molecule has 0 spiro atoms. The zero-order chi connectivity index (χ0) is 56.3. The molecule has 1 aromatic heterocycles. The van der Waals surface area contributed by atoms with Gasteiger partial charge in [-0.05, 0) is 195 Å². The summed E-state index contributed by atoms with van der Waals surface area (Å²) in [5.41, 5.74) is 22.1. The molecule has 1 aliphatic carbocycles. The number of hydrogen-bond acceptors (Lipinski definition) is 5. The number of aromatic nitrogens is 1. The molecule has 3 atom stereocenters. The minimum Gasteiger partial charge on any atom is -0.381 e. The molecule has 406 valence electrons. The molecule has 8 nitrogen and oxygen atoms in total. The molecule has 0 bridgehead atoms. The monoisotopic (exact) mass is 1010 g/mol. The Hall–Kier alpha value is -5.95. The smallest absolute Gasteiger partial charge is 0.211 e. The number of amides is 2. The van der Waals surface area contributed by atoms with Crippen molar-refractivity contribution in [3.63, 3.8) is 0 Å². The largest absolute Gasteiger partial charge is 0.381 e. The van der Waals surface area contributed by atoms with Crippen LogP contribution in [0.15, 0.2) is 114 Å². The average Bonchev–Trinajstić information content (AvgIpc) is 3.92. The molecule has 74 heavy (non-hydrogen) atoms. The van der Waals surface area contributed by atoms with Gasteiger partial charge in [-0.1, -0.05) is 114 Å². The van der Waals surface area contributed by atoms with E-state index < -0.39 is 0 Å². The van der Waals surface area contributed by atoms with Crippen molar-refractivity contribution in [2.24, 2.45) is 10.9 Å². The lowest BCUT2D eigenvalue weighted by atomic mass is 9.91. The van der Waals surface area contributed by atoms with E-state index in [1.165, 1.54) is 78.8 Å². The Bertz CT molecular complexity index is 2550. The number of rotatable bonds is 16. The molecular weight excluding hydrogens is 911 g/mol. The highest BCUT2D eigenvalue weighted by Gasteiger charge is 2.56. The highest BCUT2D eigenvalue weighted by Crippen LogP contribution is 2.56. The van der Waals surface area contributed by atoms with Gasteiger partial charge in [-0.15, -0.1) is 5.73 Å². The number of benzene rings is 3. The van der Waals surface area contributed by atoms with Gasteiger partial charge in [0.2, 0.25) is 12.8 Å².